The number of amides is 2. The average molecular weight is 646 g/mol. The van der Waals surface area contributed by atoms with Crippen molar-refractivity contribution < 1.29 is 28.6 Å². The molecule has 3 rings (SSSR count). The molecule has 0 aliphatic heterocycles. The molecule has 0 aliphatic rings. The summed E-state index contributed by atoms with van der Waals surface area (Å²) in [5.74, 6) is -1.28. The van der Waals surface area contributed by atoms with E-state index in [0.29, 0.717) is 12.8 Å². The average Bonchev–Trinajstić information content (AvgIpc) is 3.07. The first kappa shape index (κ1) is 37.4. The van der Waals surface area contributed by atoms with Crippen LogP contribution in [0, 0.1) is 0 Å². The lowest BCUT2D eigenvalue weighted by molar-refractivity contribution is -0.172. The van der Waals surface area contributed by atoms with Gasteiger partial charge in [0.2, 0.25) is 11.8 Å². The van der Waals surface area contributed by atoms with E-state index in [9.17, 15) is 14.4 Å². The van der Waals surface area contributed by atoms with E-state index in [1.807, 2.05) is 97.9 Å². The molecule has 3 aromatic carbocycles. The molecule has 3 aromatic rings. The van der Waals surface area contributed by atoms with Gasteiger partial charge in [-0.15, -0.1) is 0 Å². The van der Waals surface area contributed by atoms with Crippen molar-refractivity contribution in [2.75, 3.05) is 20.8 Å². The van der Waals surface area contributed by atoms with E-state index in [1.54, 1.807) is 20.8 Å². The van der Waals surface area contributed by atoms with Gasteiger partial charge in [-0.25, -0.2) is 4.79 Å². The van der Waals surface area contributed by atoms with Crippen LogP contribution in [-0.2, 0) is 34.1 Å². The van der Waals surface area contributed by atoms with Crippen molar-refractivity contribution in [1.29, 1.82) is 0 Å². The maximum Gasteiger partial charge on any atom is 0.329 e. The van der Waals surface area contributed by atoms with Crippen LogP contribution in [0.2, 0.25) is 0 Å². The summed E-state index contributed by atoms with van der Waals surface area (Å²) in [7, 11) is 2.93. The van der Waals surface area contributed by atoms with Crippen LogP contribution < -0.4 is 11.1 Å². The molecular weight excluding hydrogens is 594 g/mol. The van der Waals surface area contributed by atoms with E-state index in [2.05, 4.69) is 5.32 Å². The minimum Gasteiger partial charge on any atom is -0.458 e. The lowest BCUT2D eigenvalue weighted by Gasteiger charge is -2.37. The zero-order valence-corrected chi connectivity index (χ0v) is 28.6. The van der Waals surface area contributed by atoms with E-state index in [1.165, 1.54) is 19.1 Å². The fraction of sp³-hybridized carbons (Fsp3) is 0.447. The number of esters is 1. The van der Waals surface area contributed by atoms with Crippen molar-refractivity contribution in [2.45, 2.75) is 89.3 Å². The molecule has 9 nitrogen and oxygen atoms in total. The molecule has 2 atom stereocenters. The molecule has 2 amide bonds. The Bertz CT molecular complexity index is 1290. The van der Waals surface area contributed by atoms with Gasteiger partial charge in [-0.1, -0.05) is 111 Å². The topological polar surface area (TPSA) is 120 Å². The summed E-state index contributed by atoms with van der Waals surface area (Å²) in [6.45, 7) is 7.33. The quantitative estimate of drug-likeness (QED) is 0.112. The number of hydrogen-bond acceptors (Lipinski definition) is 7. The summed E-state index contributed by atoms with van der Waals surface area (Å²) in [4.78, 5) is 42.7. The van der Waals surface area contributed by atoms with Crippen molar-refractivity contribution >= 4 is 17.8 Å². The predicted molar refractivity (Wildman–Crippen MR) is 183 cm³/mol. The molecule has 0 spiro atoms. The molecule has 0 unspecified atom stereocenters. The van der Waals surface area contributed by atoms with Crippen molar-refractivity contribution in [2.24, 2.45) is 5.73 Å². The Morgan fingerprint density at radius 1 is 0.787 bits per heavy atom. The predicted octanol–water partition coefficient (Wildman–Crippen LogP) is 5.55. The standard InChI is InChI=1S/C38H51N3O6/c1-7-8-24-32(36(44)47-37(2,3)4)41(27-34(45-5)46-6)35(43)31(39)25-26-33(42)40-38(28-18-12-9-13-19-28,29-20-14-10-15-21-29)30-22-16-11-17-23-30/h9-23,31-32,34H,7-8,24-27,39H2,1-6H3,(H,40,42)/t31-,32-/m0/s1. The number of rotatable bonds is 17. The molecule has 0 fully saturated rings. The van der Waals surface area contributed by atoms with Gasteiger partial charge in [-0.2, -0.15) is 0 Å². The highest BCUT2D eigenvalue weighted by molar-refractivity contribution is 5.88. The van der Waals surface area contributed by atoms with Gasteiger partial charge in [0.1, 0.15) is 17.2 Å². The second-order valence-electron chi connectivity index (χ2n) is 12.6. The highest BCUT2D eigenvalue weighted by Crippen LogP contribution is 2.37. The molecular formula is C38H51N3O6. The van der Waals surface area contributed by atoms with Crippen LogP contribution in [-0.4, -0.2) is 67.4 Å². The van der Waals surface area contributed by atoms with E-state index in [4.69, 9.17) is 19.9 Å². The van der Waals surface area contributed by atoms with Gasteiger partial charge < -0.3 is 30.2 Å². The highest BCUT2D eigenvalue weighted by atomic mass is 16.7. The maximum atomic E-state index is 14.0. The second-order valence-corrected chi connectivity index (χ2v) is 12.6. The molecule has 3 N–H and O–H groups in total. The molecule has 0 saturated heterocycles. The molecule has 0 aliphatic carbocycles. The highest BCUT2D eigenvalue weighted by Gasteiger charge is 2.39. The Kier molecular flexibility index (Phi) is 14.1. The van der Waals surface area contributed by atoms with Crippen molar-refractivity contribution in [1.82, 2.24) is 10.2 Å². The van der Waals surface area contributed by atoms with Gasteiger partial charge >= 0.3 is 5.97 Å². The van der Waals surface area contributed by atoms with E-state index in [0.717, 1.165) is 23.1 Å². The smallest absolute Gasteiger partial charge is 0.329 e. The molecule has 9 heteroatoms. The second kappa shape index (κ2) is 17.8. The number of nitrogens with one attached hydrogen (secondary N) is 1. The SMILES string of the molecule is CCCC[C@@H](C(=O)OC(C)(C)C)N(CC(OC)OC)C(=O)[C@@H](N)CCC(=O)NC(c1ccccc1)(c1ccccc1)c1ccccc1. The number of hydrogen-bond donors (Lipinski definition) is 2. The number of unbranched alkanes of at least 4 members (excludes halogenated alkanes) is 1. The Labute approximate surface area is 279 Å². The van der Waals surface area contributed by atoms with E-state index < -0.39 is 41.4 Å². The van der Waals surface area contributed by atoms with Gasteiger partial charge in [0, 0.05) is 20.6 Å². The third-order valence-corrected chi connectivity index (χ3v) is 7.99. The van der Waals surface area contributed by atoms with Crippen LogP contribution in [0.25, 0.3) is 0 Å². The third kappa shape index (κ3) is 10.2. The number of benzene rings is 3. The maximum absolute atomic E-state index is 14.0. The van der Waals surface area contributed by atoms with Crippen LogP contribution in [0.4, 0.5) is 0 Å². The van der Waals surface area contributed by atoms with E-state index in [-0.39, 0.29) is 25.3 Å². The Hall–Kier alpha value is -4.05. The largest absolute Gasteiger partial charge is 0.458 e. The van der Waals surface area contributed by atoms with Gasteiger partial charge in [0.15, 0.2) is 6.29 Å². The van der Waals surface area contributed by atoms with Crippen LogP contribution in [0.3, 0.4) is 0 Å². The molecule has 0 heterocycles. The Morgan fingerprint density at radius 2 is 1.26 bits per heavy atom. The van der Waals surface area contributed by atoms with Gasteiger partial charge in [-0.05, 0) is 50.3 Å². The number of nitrogens with two attached hydrogens (primary N) is 1. The minimum absolute atomic E-state index is 0.0287. The fourth-order valence-electron chi connectivity index (χ4n) is 5.62. The summed E-state index contributed by atoms with van der Waals surface area (Å²) < 4.78 is 16.5. The summed E-state index contributed by atoms with van der Waals surface area (Å²) >= 11 is 0. The molecule has 0 bridgehead atoms. The zero-order valence-electron chi connectivity index (χ0n) is 28.6. The van der Waals surface area contributed by atoms with Crippen molar-refractivity contribution in [3.63, 3.8) is 0 Å². The first-order chi connectivity index (χ1) is 22.5. The number of ether oxygens (including phenoxy) is 3. The molecule has 47 heavy (non-hydrogen) atoms. The minimum atomic E-state index is -1.07. The molecule has 0 aromatic heterocycles. The fourth-order valence-corrected chi connectivity index (χ4v) is 5.62. The summed E-state index contributed by atoms with van der Waals surface area (Å²) in [6, 6.07) is 27.4. The van der Waals surface area contributed by atoms with Crippen LogP contribution >= 0.6 is 0 Å². The first-order valence-electron chi connectivity index (χ1n) is 16.3. The lowest BCUT2D eigenvalue weighted by atomic mass is 9.77. The van der Waals surface area contributed by atoms with Crippen LogP contribution in [0.1, 0.15) is 76.5 Å². The monoisotopic (exact) mass is 645 g/mol. The normalized spacial score (nSPS) is 13.1. The van der Waals surface area contributed by atoms with Crippen LogP contribution in [0.5, 0.6) is 0 Å². The first-order valence-corrected chi connectivity index (χ1v) is 16.3. The molecule has 254 valence electrons. The van der Waals surface area contributed by atoms with Gasteiger partial charge in [-0.3, -0.25) is 9.59 Å². The number of nitrogens with zero attached hydrogens (tertiary/aromatic N) is 1. The number of carbonyl (C=O) groups excluding carboxylic acids is 3. The Morgan fingerprint density at radius 3 is 1.66 bits per heavy atom. The summed E-state index contributed by atoms with van der Waals surface area (Å²) in [6.07, 6.45) is 1.13. The number of methoxy groups -OCH3 is 2. The van der Waals surface area contributed by atoms with Gasteiger partial charge in [0.05, 0.1) is 12.6 Å². The molecule has 0 saturated carbocycles. The van der Waals surface area contributed by atoms with Crippen LogP contribution in [0.15, 0.2) is 91.0 Å². The van der Waals surface area contributed by atoms with Gasteiger partial charge in [0.25, 0.3) is 0 Å². The third-order valence-electron chi connectivity index (χ3n) is 7.99. The summed E-state index contributed by atoms with van der Waals surface area (Å²) in [5, 5.41) is 3.31. The Balaban J connectivity index is 1.90. The summed E-state index contributed by atoms with van der Waals surface area (Å²) in [5.41, 5.74) is 7.43. The lowest BCUT2D eigenvalue weighted by Crippen LogP contribution is -2.55. The number of carbonyl (C=O) groups is 3. The van der Waals surface area contributed by atoms with Crippen molar-refractivity contribution in [3.05, 3.63) is 108 Å². The molecule has 0 radical (unpaired) electrons. The van der Waals surface area contributed by atoms with E-state index >= 15 is 0 Å². The van der Waals surface area contributed by atoms with Crippen molar-refractivity contribution in [3.8, 4) is 0 Å². The zero-order chi connectivity index (χ0) is 34.5.